The Kier molecular flexibility index (Phi) is 10.8. The van der Waals surface area contributed by atoms with Crippen molar-refractivity contribution in [1.82, 2.24) is 0 Å². The summed E-state index contributed by atoms with van der Waals surface area (Å²) < 4.78 is 1.90. The zero-order valence-electron chi connectivity index (χ0n) is 9.15. The molecule has 0 aromatic heterocycles. The van der Waals surface area contributed by atoms with Crippen LogP contribution in [0.3, 0.4) is 0 Å². The van der Waals surface area contributed by atoms with E-state index in [2.05, 4.69) is 19.1 Å². The summed E-state index contributed by atoms with van der Waals surface area (Å²) in [5, 5.41) is 0. The molecule has 0 atom stereocenters. The molecule has 0 saturated heterocycles. The van der Waals surface area contributed by atoms with Crippen molar-refractivity contribution in [2.75, 3.05) is 0 Å². The van der Waals surface area contributed by atoms with Crippen molar-refractivity contribution in [2.24, 2.45) is 0 Å². The van der Waals surface area contributed by atoms with E-state index >= 15 is 0 Å². The fourth-order valence-electron chi connectivity index (χ4n) is 0.930. The Balaban J connectivity index is 0. The quantitative estimate of drug-likeness (QED) is 0.543. The van der Waals surface area contributed by atoms with Gasteiger partial charge in [0.1, 0.15) is 0 Å². The van der Waals surface area contributed by atoms with Crippen molar-refractivity contribution in [1.29, 1.82) is 0 Å². The van der Waals surface area contributed by atoms with Gasteiger partial charge in [-0.15, -0.1) is 0 Å². The summed E-state index contributed by atoms with van der Waals surface area (Å²) in [5.41, 5.74) is 2.41. The minimum atomic E-state index is -1.64. The molecule has 0 radical (unpaired) electrons. The fraction of sp³-hybridized carbons (Fsp3) is 0.0833. The molecule has 0 spiro atoms. The van der Waals surface area contributed by atoms with E-state index in [1.54, 1.807) is 0 Å². The summed E-state index contributed by atoms with van der Waals surface area (Å²) in [6, 6.07) is 10.2. The Morgan fingerprint density at radius 1 is 1.13 bits per heavy atom. The Morgan fingerprint density at radius 2 is 1.67 bits per heavy atom. The predicted molar refractivity (Wildman–Crippen MR) is 70.7 cm³/mol. The Bertz CT molecular complexity index is 325. The Hall–Kier alpha value is 0.0334. The van der Waals surface area contributed by atoms with Crippen molar-refractivity contribution in [3.63, 3.8) is 0 Å². The van der Waals surface area contributed by atoms with Crippen LogP contribution in [0.5, 0.6) is 0 Å². The van der Waals surface area contributed by atoms with E-state index in [1.807, 2.05) is 28.9 Å². The third-order valence-electron chi connectivity index (χ3n) is 1.63. The molecule has 1 rings (SSSR count). The van der Waals surface area contributed by atoms with Crippen LogP contribution < -0.4 is 0 Å². The average molecular weight is 332 g/mol. The van der Waals surface area contributed by atoms with Crippen LogP contribution in [0, 0.1) is 14.9 Å². The third-order valence-corrected chi connectivity index (χ3v) is 3.41. The molecule has 0 heterocycles. The molecule has 1 aromatic carbocycles. The first-order valence-corrected chi connectivity index (χ1v) is 9.23. The summed E-state index contributed by atoms with van der Waals surface area (Å²) in [5.74, 6) is 0. The van der Waals surface area contributed by atoms with Crippen molar-refractivity contribution in [3.05, 3.63) is 56.8 Å². The van der Waals surface area contributed by atoms with Crippen molar-refractivity contribution >= 4 is 29.6 Å². The number of rotatable bonds is 2. The zero-order valence-corrected chi connectivity index (χ0v) is 12.4. The summed E-state index contributed by atoms with van der Waals surface area (Å²) in [6.45, 7) is 2.05. The van der Waals surface area contributed by atoms with Gasteiger partial charge < -0.3 is 14.9 Å². The molecule has 0 aliphatic carbocycles. The molecule has 3 heteroatoms. The van der Waals surface area contributed by atoms with Crippen molar-refractivity contribution in [2.45, 2.75) is 6.92 Å². The van der Waals surface area contributed by atoms with Gasteiger partial charge in [-0.2, -0.15) is 0 Å². The SMILES string of the molecule is C/C(=C/[CH]=[Ru]([Cl])[Cl])c1ccccc1.[CH3-].[CH3-]. The summed E-state index contributed by atoms with van der Waals surface area (Å²) in [7, 11) is 11.4. The molecular formula is C12H16Cl2Ru-2. The second-order valence-corrected chi connectivity index (χ2v) is 8.34. The van der Waals surface area contributed by atoms with Gasteiger partial charge in [-0.3, -0.25) is 0 Å². The van der Waals surface area contributed by atoms with Crippen LogP contribution in [-0.4, -0.2) is 4.61 Å². The minimum Gasteiger partial charge on any atom is -0.358 e. The largest absolute Gasteiger partial charge is 0.358 e. The van der Waals surface area contributed by atoms with Gasteiger partial charge in [0.15, 0.2) is 0 Å². The third kappa shape index (κ3) is 7.00. The Labute approximate surface area is 106 Å². The monoisotopic (exact) mass is 332 g/mol. The van der Waals surface area contributed by atoms with E-state index in [0.717, 1.165) is 0 Å². The topological polar surface area (TPSA) is 0 Å². The number of benzene rings is 1. The molecule has 0 aliphatic heterocycles. The van der Waals surface area contributed by atoms with Crippen LogP contribution in [0.15, 0.2) is 36.4 Å². The number of hydrogen-bond donors (Lipinski definition) is 0. The second-order valence-electron chi connectivity index (χ2n) is 2.54. The number of halogens is 2. The molecule has 1 aromatic rings. The first-order chi connectivity index (χ1) is 6.20. The van der Waals surface area contributed by atoms with Gasteiger partial charge in [0.05, 0.1) is 0 Å². The average Bonchev–Trinajstić information content (AvgIpc) is 2.15. The van der Waals surface area contributed by atoms with Gasteiger partial charge in [0.2, 0.25) is 0 Å². The van der Waals surface area contributed by atoms with E-state index in [4.69, 9.17) is 19.4 Å². The number of hydrogen-bond acceptors (Lipinski definition) is 0. The van der Waals surface area contributed by atoms with Crippen LogP contribution in [0.25, 0.3) is 5.57 Å². The maximum atomic E-state index is 5.72. The summed E-state index contributed by atoms with van der Waals surface area (Å²) >= 11 is -1.64. The first-order valence-electron chi connectivity index (χ1n) is 3.75. The van der Waals surface area contributed by atoms with Crippen LogP contribution >= 0.6 is 19.4 Å². The van der Waals surface area contributed by atoms with Gasteiger partial charge in [-0.1, -0.05) is 0 Å². The molecule has 0 fully saturated rings. The maximum absolute atomic E-state index is 5.72. The molecule has 0 N–H and O–H groups in total. The van der Waals surface area contributed by atoms with E-state index in [1.165, 1.54) is 11.1 Å². The maximum Gasteiger partial charge on any atom is -0.358 e. The van der Waals surface area contributed by atoms with E-state index in [-0.39, 0.29) is 14.9 Å². The molecular weight excluding hydrogens is 316 g/mol. The van der Waals surface area contributed by atoms with Gasteiger partial charge in [0.25, 0.3) is 0 Å². The van der Waals surface area contributed by atoms with Gasteiger partial charge in [-0.25, -0.2) is 0 Å². The molecule has 0 aliphatic rings. The van der Waals surface area contributed by atoms with Crippen LogP contribution in [0.2, 0.25) is 0 Å². The van der Waals surface area contributed by atoms with Gasteiger partial charge in [0, 0.05) is 0 Å². The number of allylic oxidation sites excluding steroid dienone is 2. The van der Waals surface area contributed by atoms with Gasteiger partial charge in [-0.05, 0) is 0 Å². The summed E-state index contributed by atoms with van der Waals surface area (Å²) in [4.78, 5) is 0. The van der Waals surface area contributed by atoms with E-state index in [0.29, 0.717) is 0 Å². The summed E-state index contributed by atoms with van der Waals surface area (Å²) in [6.07, 6.45) is 1.99. The van der Waals surface area contributed by atoms with Crippen LogP contribution in [0.1, 0.15) is 12.5 Å². The predicted octanol–water partition coefficient (Wildman–Crippen LogP) is 4.72. The van der Waals surface area contributed by atoms with Crippen LogP contribution in [0.4, 0.5) is 0 Å². The standard InChI is InChI=1S/C10H10.2CH3.2ClH.Ru/c1-3-9(2)10-7-5-4-6-8-10;;;;;/h1,3-8H,2H3;2*1H3;2*1H;/q;2*-1;;;+2/p-2/b9-3-;;;;;. The van der Waals surface area contributed by atoms with E-state index in [9.17, 15) is 0 Å². The normalized spacial score (nSPS) is 10.9. The zero-order chi connectivity index (χ0) is 9.68. The minimum absolute atomic E-state index is 0. The van der Waals surface area contributed by atoms with Crippen molar-refractivity contribution in [3.8, 4) is 0 Å². The molecule has 88 valence electrons. The molecule has 0 nitrogen and oxygen atoms in total. The molecule has 0 unspecified atom stereocenters. The fourth-order valence-corrected chi connectivity index (χ4v) is 2.11. The van der Waals surface area contributed by atoms with Crippen molar-refractivity contribution < 1.29 is 13.5 Å². The second kappa shape index (κ2) is 9.27. The van der Waals surface area contributed by atoms with Gasteiger partial charge >= 0.3 is 92.0 Å². The smallest absolute Gasteiger partial charge is 0.358 e. The molecule has 15 heavy (non-hydrogen) atoms. The van der Waals surface area contributed by atoms with Crippen LogP contribution in [-0.2, 0) is 13.5 Å². The molecule has 0 saturated carbocycles. The van der Waals surface area contributed by atoms with E-state index < -0.39 is 13.5 Å². The first kappa shape index (κ1) is 17.4. The molecule has 0 bridgehead atoms. The Morgan fingerprint density at radius 3 is 2.13 bits per heavy atom. The molecule has 0 amide bonds.